The van der Waals surface area contributed by atoms with Crippen LogP contribution in [0.3, 0.4) is 0 Å². The number of rotatable bonds is 3. The number of hydrogen-bond acceptors (Lipinski definition) is 5. The fourth-order valence-electron chi connectivity index (χ4n) is 1.96. The fraction of sp³-hybridized carbons (Fsp3) is 0. The number of nitrogens with zero attached hydrogens (tertiary/aromatic N) is 2. The van der Waals surface area contributed by atoms with E-state index in [1.807, 2.05) is 30.3 Å². The zero-order valence-electron chi connectivity index (χ0n) is 11.3. The molecule has 2 aromatic rings. The molecule has 0 radical (unpaired) electrons. The summed E-state index contributed by atoms with van der Waals surface area (Å²) < 4.78 is 0. The standard InChI is InChI=1S/C16H10N2O3S/c19-16-14(10-11-6-8-13(9-7-11)18(20)21)17-15(22-16)12-4-2-1-3-5-12/h1-10H/b14-10-. The Morgan fingerprint density at radius 1 is 1.05 bits per heavy atom. The monoisotopic (exact) mass is 310 g/mol. The van der Waals surface area contributed by atoms with Crippen LogP contribution in [0.25, 0.3) is 6.08 Å². The molecule has 0 unspecified atom stereocenters. The molecule has 1 aliphatic heterocycles. The summed E-state index contributed by atoms with van der Waals surface area (Å²) >= 11 is 1.09. The smallest absolute Gasteiger partial charge is 0.269 e. The highest BCUT2D eigenvalue weighted by molar-refractivity contribution is 8.27. The van der Waals surface area contributed by atoms with E-state index in [0.29, 0.717) is 16.3 Å². The molecule has 5 nitrogen and oxygen atoms in total. The van der Waals surface area contributed by atoms with E-state index < -0.39 is 4.92 Å². The minimum absolute atomic E-state index is 0.0164. The number of nitro groups is 1. The summed E-state index contributed by atoms with van der Waals surface area (Å²) in [5.74, 6) is 0. The van der Waals surface area contributed by atoms with Crippen molar-refractivity contribution in [3.63, 3.8) is 0 Å². The molecule has 0 spiro atoms. The lowest BCUT2D eigenvalue weighted by molar-refractivity contribution is -0.384. The molecule has 2 aromatic carbocycles. The third-order valence-corrected chi connectivity index (χ3v) is 3.96. The summed E-state index contributed by atoms with van der Waals surface area (Å²) in [6, 6.07) is 15.5. The average molecular weight is 310 g/mol. The molecule has 0 saturated heterocycles. The first-order valence-corrected chi connectivity index (χ1v) is 7.27. The molecule has 0 saturated carbocycles. The third-order valence-electron chi connectivity index (χ3n) is 3.05. The Labute approximate surface area is 130 Å². The molecular formula is C16H10N2O3S. The van der Waals surface area contributed by atoms with Gasteiger partial charge in [0, 0.05) is 17.7 Å². The van der Waals surface area contributed by atoms with Gasteiger partial charge < -0.3 is 0 Å². The molecule has 0 N–H and O–H groups in total. The highest BCUT2D eigenvalue weighted by atomic mass is 32.2. The van der Waals surface area contributed by atoms with Crippen molar-refractivity contribution in [2.75, 3.05) is 0 Å². The molecule has 1 aliphatic rings. The van der Waals surface area contributed by atoms with Crippen LogP contribution >= 0.6 is 11.8 Å². The minimum Gasteiger partial charge on any atom is -0.279 e. The van der Waals surface area contributed by atoms with E-state index in [9.17, 15) is 14.9 Å². The van der Waals surface area contributed by atoms with E-state index in [0.717, 1.165) is 17.3 Å². The summed E-state index contributed by atoms with van der Waals surface area (Å²) in [6.45, 7) is 0. The maximum atomic E-state index is 12.0. The number of thioether (sulfide) groups is 1. The van der Waals surface area contributed by atoms with E-state index in [1.165, 1.54) is 12.1 Å². The number of non-ortho nitro benzene ring substituents is 1. The Morgan fingerprint density at radius 3 is 2.36 bits per heavy atom. The van der Waals surface area contributed by atoms with Gasteiger partial charge in [-0.25, -0.2) is 4.99 Å². The first-order valence-electron chi connectivity index (χ1n) is 6.46. The van der Waals surface area contributed by atoms with Gasteiger partial charge in [-0.3, -0.25) is 14.9 Å². The fourth-order valence-corrected chi connectivity index (χ4v) is 2.75. The molecule has 0 atom stereocenters. The van der Waals surface area contributed by atoms with E-state index in [4.69, 9.17) is 0 Å². The van der Waals surface area contributed by atoms with Crippen molar-refractivity contribution >= 4 is 33.7 Å². The highest BCUT2D eigenvalue weighted by Gasteiger charge is 2.23. The molecule has 0 bridgehead atoms. The number of hydrogen-bond donors (Lipinski definition) is 0. The van der Waals surface area contributed by atoms with Gasteiger partial charge in [0.1, 0.15) is 10.7 Å². The Hall–Kier alpha value is -2.73. The Kier molecular flexibility index (Phi) is 3.84. The molecule has 0 aromatic heterocycles. The number of benzene rings is 2. The number of nitro benzene ring substituents is 1. The predicted octanol–water partition coefficient (Wildman–Crippen LogP) is 3.66. The topological polar surface area (TPSA) is 72.6 Å². The lowest BCUT2D eigenvalue weighted by Gasteiger charge is -1.95. The molecule has 0 amide bonds. The van der Waals surface area contributed by atoms with Crippen molar-refractivity contribution in [1.82, 2.24) is 0 Å². The molecule has 108 valence electrons. The summed E-state index contributed by atoms with van der Waals surface area (Å²) in [5.41, 5.74) is 1.96. The van der Waals surface area contributed by atoms with Crippen LogP contribution in [0.15, 0.2) is 65.3 Å². The summed E-state index contributed by atoms with van der Waals surface area (Å²) in [7, 11) is 0. The predicted molar refractivity (Wildman–Crippen MR) is 86.7 cm³/mol. The molecule has 3 rings (SSSR count). The van der Waals surface area contributed by atoms with E-state index in [2.05, 4.69) is 4.99 Å². The molecular weight excluding hydrogens is 300 g/mol. The third kappa shape index (κ3) is 2.96. The van der Waals surface area contributed by atoms with Gasteiger partial charge in [-0.1, -0.05) is 30.3 Å². The Balaban J connectivity index is 1.89. The van der Waals surface area contributed by atoms with Crippen LogP contribution in [0.2, 0.25) is 0 Å². The van der Waals surface area contributed by atoms with Crippen LogP contribution in [0.5, 0.6) is 0 Å². The van der Waals surface area contributed by atoms with Crippen LogP contribution in [0.4, 0.5) is 5.69 Å². The number of aliphatic imine (C=N–C) groups is 1. The largest absolute Gasteiger partial charge is 0.279 e. The van der Waals surface area contributed by atoms with Gasteiger partial charge in [0.2, 0.25) is 5.12 Å². The summed E-state index contributed by atoms with van der Waals surface area (Å²) in [6.07, 6.45) is 1.63. The van der Waals surface area contributed by atoms with Crippen molar-refractivity contribution in [3.8, 4) is 0 Å². The van der Waals surface area contributed by atoms with Gasteiger partial charge in [-0.2, -0.15) is 0 Å². The van der Waals surface area contributed by atoms with Gasteiger partial charge in [0.15, 0.2) is 0 Å². The highest BCUT2D eigenvalue weighted by Crippen LogP contribution is 2.29. The van der Waals surface area contributed by atoms with Gasteiger partial charge in [0.05, 0.1) is 4.92 Å². The van der Waals surface area contributed by atoms with Crippen LogP contribution in [-0.2, 0) is 4.79 Å². The van der Waals surface area contributed by atoms with Crippen molar-refractivity contribution < 1.29 is 9.72 Å². The molecule has 0 aliphatic carbocycles. The quantitative estimate of drug-likeness (QED) is 0.493. The SMILES string of the molecule is O=C1SC(c2ccccc2)=N/C1=C\c1ccc([N+](=O)[O-])cc1. The molecule has 1 heterocycles. The zero-order chi connectivity index (χ0) is 15.5. The molecule has 22 heavy (non-hydrogen) atoms. The van der Waals surface area contributed by atoms with Gasteiger partial charge in [0.25, 0.3) is 5.69 Å². The minimum atomic E-state index is -0.459. The van der Waals surface area contributed by atoms with Crippen molar-refractivity contribution in [3.05, 3.63) is 81.5 Å². The average Bonchev–Trinajstić information content (AvgIpc) is 2.90. The first-order chi connectivity index (χ1) is 10.6. The van der Waals surface area contributed by atoms with Crippen molar-refractivity contribution in [2.24, 2.45) is 4.99 Å². The Morgan fingerprint density at radius 2 is 1.73 bits per heavy atom. The second-order valence-corrected chi connectivity index (χ2v) is 5.51. The second-order valence-electron chi connectivity index (χ2n) is 4.55. The van der Waals surface area contributed by atoms with Gasteiger partial charge in [-0.15, -0.1) is 0 Å². The zero-order valence-corrected chi connectivity index (χ0v) is 12.1. The maximum Gasteiger partial charge on any atom is 0.269 e. The maximum absolute atomic E-state index is 12.0. The summed E-state index contributed by atoms with van der Waals surface area (Å²) in [4.78, 5) is 26.5. The normalized spacial score (nSPS) is 15.9. The van der Waals surface area contributed by atoms with Crippen LogP contribution in [0, 0.1) is 10.1 Å². The number of carbonyl (C=O) groups is 1. The van der Waals surface area contributed by atoms with Crippen LogP contribution in [0.1, 0.15) is 11.1 Å². The molecule has 6 heteroatoms. The van der Waals surface area contributed by atoms with Crippen LogP contribution < -0.4 is 0 Å². The van der Waals surface area contributed by atoms with Gasteiger partial charge >= 0.3 is 0 Å². The summed E-state index contributed by atoms with van der Waals surface area (Å²) in [5, 5.41) is 11.2. The first kappa shape index (κ1) is 14.2. The van der Waals surface area contributed by atoms with E-state index >= 15 is 0 Å². The second kappa shape index (κ2) is 5.95. The lowest BCUT2D eigenvalue weighted by atomic mass is 10.2. The lowest BCUT2D eigenvalue weighted by Crippen LogP contribution is -1.91. The Bertz CT molecular complexity index is 796. The van der Waals surface area contributed by atoms with Crippen molar-refractivity contribution in [2.45, 2.75) is 0 Å². The van der Waals surface area contributed by atoms with Crippen molar-refractivity contribution in [1.29, 1.82) is 0 Å². The van der Waals surface area contributed by atoms with Gasteiger partial charge in [-0.05, 0) is 35.5 Å². The van der Waals surface area contributed by atoms with Crippen LogP contribution in [-0.4, -0.2) is 15.1 Å². The van der Waals surface area contributed by atoms with E-state index in [1.54, 1.807) is 18.2 Å². The number of carbonyl (C=O) groups excluding carboxylic acids is 1. The van der Waals surface area contributed by atoms with E-state index in [-0.39, 0.29) is 10.8 Å². The molecule has 0 fully saturated rings.